The molecule has 2 aromatic heterocycles. The number of nitrogens with zero attached hydrogens (tertiary/aromatic N) is 3. The lowest BCUT2D eigenvalue weighted by atomic mass is 10.0. The number of pyridine rings is 1. The maximum atomic E-state index is 4.40. The summed E-state index contributed by atoms with van der Waals surface area (Å²) in [5.41, 5.74) is 2.07. The lowest BCUT2D eigenvalue weighted by Crippen LogP contribution is -2.17. The van der Waals surface area contributed by atoms with Crippen LogP contribution in [0.5, 0.6) is 0 Å². The van der Waals surface area contributed by atoms with Crippen molar-refractivity contribution in [2.75, 3.05) is 5.32 Å². The normalized spacial score (nSPS) is 13.2. The molecule has 18 heavy (non-hydrogen) atoms. The van der Waals surface area contributed by atoms with Crippen LogP contribution in [0.4, 0.5) is 5.82 Å². The number of nitrogens with one attached hydrogen (secondary N) is 1. The van der Waals surface area contributed by atoms with E-state index in [0.717, 1.165) is 29.2 Å². The summed E-state index contributed by atoms with van der Waals surface area (Å²) in [6.45, 7) is 6.71. The van der Waals surface area contributed by atoms with Crippen LogP contribution in [0.3, 0.4) is 0 Å². The van der Waals surface area contributed by atoms with E-state index in [9.17, 15) is 0 Å². The molecule has 0 saturated heterocycles. The highest BCUT2D eigenvalue weighted by Crippen LogP contribution is 2.20. The fourth-order valence-electron chi connectivity index (χ4n) is 2.06. The number of aryl methyl sites for hydroxylation is 1. The van der Waals surface area contributed by atoms with E-state index in [1.54, 1.807) is 0 Å². The van der Waals surface area contributed by atoms with Gasteiger partial charge in [0.1, 0.15) is 5.52 Å². The Morgan fingerprint density at radius 1 is 1.22 bits per heavy atom. The fourth-order valence-corrected chi connectivity index (χ4v) is 2.06. The molecule has 1 unspecified atom stereocenters. The van der Waals surface area contributed by atoms with Gasteiger partial charge in [0.2, 0.25) is 0 Å². The molecule has 0 bridgehead atoms. The first-order valence-electron chi connectivity index (χ1n) is 6.60. The molecule has 2 aromatic rings. The van der Waals surface area contributed by atoms with Crippen LogP contribution in [0.2, 0.25) is 0 Å². The molecule has 0 aliphatic rings. The Hall–Kier alpha value is -1.58. The van der Waals surface area contributed by atoms with Gasteiger partial charge in [0.05, 0.1) is 11.8 Å². The average molecular weight is 246 g/mol. The van der Waals surface area contributed by atoms with E-state index in [1.165, 1.54) is 6.42 Å². The summed E-state index contributed by atoms with van der Waals surface area (Å²) >= 11 is 0. The highest BCUT2D eigenvalue weighted by atomic mass is 15.1. The Balaban J connectivity index is 2.11. The van der Waals surface area contributed by atoms with Crippen molar-refractivity contribution in [3.05, 3.63) is 18.6 Å². The molecule has 1 atom stereocenters. The smallest absolute Gasteiger partial charge is 0.154 e. The summed E-state index contributed by atoms with van der Waals surface area (Å²) in [6, 6.07) is 2.42. The van der Waals surface area contributed by atoms with Crippen LogP contribution < -0.4 is 5.32 Å². The van der Waals surface area contributed by atoms with Crippen LogP contribution in [0.15, 0.2) is 18.6 Å². The van der Waals surface area contributed by atoms with Crippen molar-refractivity contribution in [2.24, 2.45) is 13.0 Å². The summed E-state index contributed by atoms with van der Waals surface area (Å²) in [5, 5.41) is 3.47. The monoisotopic (exact) mass is 246 g/mol. The number of fused-ring (bicyclic) bond motifs is 1. The zero-order chi connectivity index (χ0) is 13.1. The molecule has 0 aromatic carbocycles. The van der Waals surface area contributed by atoms with Crippen LogP contribution in [0.25, 0.3) is 11.0 Å². The molecule has 0 aliphatic carbocycles. The van der Waals surface area contributed by atoms with Gasteiger partial charge in [0.15, 0.2) is 5.82 Å². The summed E-state index contributed by atoms with van der Waals surface area (Å²) < 4.78 is 2.01. The van der Waals surface area contributed by atoms with Crippen LogP contribution in [-0.4, -0.2) is 20.6 Å². The van der Waals surface area contributed by atoms with E-state index in [-0.39, 0.29) is 0 Å². The minimum Gasteiger partial charge on any atom is -0.366 e. The van der Waals surface area contributed by atoms with Gasteiger partial charge >= 0.3 is 0 Å². The SMILES string of the molecule is CC(C)CCC(C)Nc1nccc2c1ncn2C. The first kappa shape index (κ1) is 12.9. The minimum absolute atomic E-state index is 0.424. The van der Waals surface area contributed by atoms with Crippen molar-refractivity contribution in [3.8, 4) is 0 Å². The maximum Gasteiger partial charge on any atom is 0.154 e. The topological polar surface area (TPSA) is 42.7 Å². The molecule has 0 spiro atoms. The van der Waals surface area contributed by atoms with E-state index in [2.05, 4.69) is 36.1 Å². The second kappa shape index (κ2) is 5.38. The van der Waals surface area contributed by atoms with Gasteiger partial charge in [-0.25, -0.2) is 9.97 Å². The van der Waals surface area contributed by atoms with E-state index >= 15 is 0 Å². The molecule has 0 saturated carbocycles. The predicted molar refractivity (Wildman–Crippen MR) is 75.7 cm³/mol. The number of hydrogen-bond acceptors (Lipinski definition) is 3. The third-order valence-corrected chi connectivity index (χ3v) is 3.20. The summed E-state index contributed by atoms with van der Waals surface area (Å²) in [7, 11) is 2.00. The maximum absolute atomic E-state index is 4.40. The predicted octanol–water partition coefficient (Wildman–Crippen LogP) is 3.20. The van der Waals surface area contributed by atoms with Gasteiger partial charge in [0.25, 0.3) is 0 Å². The van der Waals surface area contributed by atoms with Crippen LogP contribution in [0, 0.1) is 5.92 Å². The van der Waals surface area contributed by atoms with Gasteiger partial charge in [0, 0.05) is 19.3 Å². The molecule has 0 amide bonds. The first-order chi connectivity index (χ1) is 8.58. The zero-order valence-electron chi connectivity index (χ0n) is 11.6. The number of anilines is 1. The van der Waals surface area contributed by atoms with Crippen LogP contribution in [-0.2, 0) is 7.05 Å². The van der Waals surface area contributed by atoms with Crippen molar-refractivity contribution in [3.63, 3.8) is 0 Å². The minimum atomic E-state index is 0.424. The third kappa shape index (κ3) is 2.81. The number of aromatic nitrogens is 3. The highest BCUT2D eigenvalue weighted by molar-refractivity contribution is 5.85. The Morgan fingerprint density at radius 3 is 2.72 bits per heavy atom. The van der Waals surface area contributed by atoms with E-state index in [4.69, 9.17) is 0 Å². The van der Waals surface area contributed by atoms with Gasteiger partial charge in [-0.1, -0.05) is 13.8 Å². The zero-order valence-corrected chi connectivity index (χ0v) is 11.6. The van der Waals surface area contributed by atoms with Gasteiger partial charge in [-0.3, -0.25) is 0 Å². The Morgan fingerprint density at radius 2 is 2.00 bits per heavy atom. The standard InChI is InChI=1S/C14H22N4/c1-10(2)5-6-11(3)17-14-13-12(7-8-15-14)18(4)9-16-13/h7-11H,5-6H2,1-4H3,(H,15,17). The summed E-state index contributed by atoms with van der Waals surface area (Å²) in [6.07, 6.45) is 6.05. The molecule has 4 nitrogen and oxygen atoms in total. The van der Waals surface area contributed by atoms with Crippen molar-refractivity contribution in [1.29, 1.82) is 0 Å². The molecule has 0 fully saturated rings. The molecule has 2 rings (SSSR count). The lowest BCUT2D eigenvalue weighted by Gasteiger charge is -2.15. The van der Waals surface area contributed by atoms with E-state index in [0.29, 0.717) is 6.04 Å². The van der Waals surface area contributed by atoms with E-state index in [1.807, 2.05) is 30.2 Å². The van der Waals surface area contributed by atoms with Crippen LogP contribution >= 0.6 is 0 Å². The summed E-state index contributed by atoms with van der Waals surface area (Å²) in [5.74, 6) is 1.64. The van der Waals surface area contributed by atoms with Crippen molar-refractivity contribution >= 4 is 16.9 Å². The highest BCUT2D eigenvalue weighted by Gasteiger charge is 2.10. The van der Waals surface area contributed by atoms with Crippen molar-refractivity contribution < 1.29 is 0 Å². The first-order valence-corrected chi connectivity index (χ1v) is 6.60. The molecule has 0 radical (unpaired) electrons. The second-order valence-electron chi connectivity index (χ2n) is 5.40. The Kier molecular flexibility index (Phi) is 3.84. The largest absolute Gasteiger partial charge is 0.366 e. The van der Waals surface area contributed by atoms with Gasteiger partial charge in [-0.05, 0) is 31.7 Å². The number of rotatable bonds is 5. The average Bonchev–Trinajstić information content (AvgIpc) is 2.70. The molecule has 4 heteroatoms. The van der Waals surface area contributed by atoms with Gasteiger partial charge in [-0.15, -0.1) is 0 Å². The molecule has 1 N–H and O–H groups in total. The molecule has 2 heterocycles. The molecule has 0 aliphatic heterocycles. The van der Waals surface area contributed by atoms with Gasteiger partial charge in [-0.2, -0.15) is 0 Å². The molecular formula is C14H22N4. The molecular weight excluding hydrogens is 224 g/mol. The number of imidazole rings is 1. The quantitative estimate of drug-likeness (QED) is 0.881. The Bertz CT molecular complexity index is 515. The van der Waals surface area contributed by atoms with Crippen LogP contribution in [0.1, 0.15) is 33.6 Å². The van der Waals surface area contributed by atoms with E-state index < -0.39 is 0 Å². The summed E-state index contributed by atoms with van der Waals surface area (Å²) in [4.78, 5) is 8.80. The van der Waals surface area contributed by atoms with Crippen molar-refractivity contribution in [1.82, 2.24) is 14.5 Å². The molecule has 98 valence electrons. The number of hydrogen-bond donors (Lipinski definition) is 1. The Labute approximate surface area is 108 Å². The van der Waals surface area contributed by atoms with Crippen molar-refractivity contribution in [2.45, 2.75) is 39.7 Å². The van der Waals surface area contributed by atoms with Gasteiger partial charge < -0.3 is 9.88 Å². The fraction of sp³-hybridized carbons (Fsp3) is 0.571. The lowest BCUT2D eigenvalue weighted by molar-refractivity contribution is 0.527. The second-order valence-corrected chi connectivity index (χ2v) is 5.40. The third-order valence-electron chi connectivity index (χ3n) is 3.20.